The van der Waals surface area contributed by atoms with Gasteiger partial charge < -0.3 is 9.32 Å². The van der Waals surface area contributed by atoms with Crippen molar-refractivity contribution in [3.8, 4) is 6.07 Å². The summed E-state index contributed by atoms with van der Waals surface area (Å²) in [5.74, 6) is 1.82. The molecule has 1 saturated heterocycles. The quantitative estimate of drug-likeness (QED) is 0.808. The van der Waals surface area contributed by atoms with Crippen LogP contribution in [-0.4, -0.2) is 11.5 Å². The standard InChI is InChI=1S/C14H13N3O/c15-10-11-5-6-16-14(9-11)17-7-1-3-12(17)13-4-2-8-18-13/h2,4-6,8-9,12H,1,3,7H2/t12-/m1/s1. The molecule has 0 N–H and O–H groups in total. The Balaban J connectivity index is 1.93. The summed E-state index contributed by atoms with van der Waals surface area (Å²) >= 11 is 0. The van der Waals surface area contributed by atoms with Crippen LogP contribution in [0.15, 0.2) is 41.1 Å². The minimum absolute atomic E-state index is 0.237. The molecule has 0 saturated carbocycles. The second-order valence-electron chi connectivity index (χ2n) is 4.38. The molecule has 1 fully saturated rings. The van der Waals surface area contributed by atoms with E-state index in [1.807, 2.05) is 18.2 Å². The van der Waals surface area contributed by atoms with Gasteiger partial charge >= 0.3 is 0 Å². The largest absolute Gasteiger partial charge is 0.467 e. The molecule has 1 aliphatic rings. The number of hydrogen-bond donors (Lipinski definition) is 0. The number of nitrogens with zero attached hydrogens (tertiary/aromatic N) is 3. The van der Waals surface area contributed by atoms with Gasteiger partial charge in [0, 0.05) is 12.7 Å². The number of hydrogen-bond acceptors (Lipinski definition) is 4. The third kappa shape index (κ3) is 1.84. The second kappa shape index (κ2) is 4.53. The molecule has 0 bridgehead atoms. The first-order chi connectivity index (χ1) is 8.88. The minimum Gasteiger partial charge on any atom is -0.467 e. The predicted molar refractivity (Wildman–Crippen MR) is 67.0 cm³/mol. The van der Waals surface area contributed by atoms with E-state index < -0.39 is 0 Å². The van der Waals surface area contributed by atoms with Gasteiger partial charge in [0.2, 0.25) is 0 Å². The summed E-state index contributed by atoms with van der Waals surface area (Å²) in [6.07, 6.45) is 5.56. The average Bonchev–Trinajstić information content (AvgIpc) is 3.09. The lowest BCUT2D eigenvalue weighted by Gasteiger charge is -2.24. The Morgan fingerprint density at radius 1 is 1.44 bits per heavy atom. The summed E-state index contributed by atoms with van der Waals surface area (Å²) in [6.45, 7) is 0.952. The van der Waals surface area contributed by atoms with Gasteiger partial charge in [0.25, 0.3) is 0 Å². The molecule has 0 radical (unpaired) electrons. The van der Waals surface area contributed by atoms with E-state index in [4.69, 9.17) is 9.68 Å². The van der Waals surface area contributed by atoms with Crippen molar-refractivity contribution >= 4 is 5.82 Å². The maximum Gasteiger partial charge on any atom is 0.130 e. The van der Waals surface area contributed by atoms with Crippen molar-refractivity contribution in [2.75, 3.05) is 11.4 Å². The molecule has 2 aromatic rings. The van der Waals surface area contributed by atoms with E-state index in [1.165, 1.54) is 0 Å². The van der Waals surface area contributed by atoms with E-state index in [1.54, 1.807) is 18.5 Å². The first kappa shape index (κ1) is 10.8. The lowest BCUT2D eigenvalue weighted by atomic mass is 10.1. The minimum atomic E-state index is 0.237. The molecule has 0 unspecified atom stereocenters. The van der Waals surface area contributed by atoms with Crippen molar-refractivity contribution in [2.45, 2.75) is 18.9 Å². The van der Waals surface area contributed by atoms with Gasteiger partial charge in [-0.15, -0.1) is 0 Å². The molecule has 2 aromatic heterocycles. The molecule has 3 rings (SSSR count). The zero-order valence-electron chi connectivity index (χ0n) is 9.91. The number of aromatic nitrogens is 1. The van der Waals surface area contributed by atoms with Gasteiger partial charge in [-0.25, -0.2) is 4.98 Å². The molecule has 90 valence electrons. The fourth-order valence-corrected chi connectivity index (χ4v) is 2.46. The smallest absolute Gasteiger partial charge is 0.130 e. The average molecular weight is 239 g/mol. The third-order valence-electron chi connectivity index (χ3n) is 3.29. The molecule has 1 atom stereocenters. The maximum atomic E-state index is 8.94. The van der Waals surface area contributed by atoms with Gasteiger partial charge in [-0.05, 0) is 37.1 Å². The van der Waals surface area contributed by atoms with Gasteiger partial charge in [-0.3, -0.25) is 0 Å². The summed E-state index contributed by atoms with van der Waals surface area (Å²) in [5, 5.41) is 8.94. The zero-order valence-corrected chi connectivity index (χ0v) is 9.91. The summed E-state index contributed by atoms with van der Waals surface area (Å²) in [5.41, 5.74) is 0.644. The molecule has 3 heterocycles. The van der Waals surface area contributed by atoms with Crippen LogP contribution in [0.5, 0.6) is 0 Å². The van der Waals surface area contributed by atoms with Crippen molar-refractivity contribution < 1.29 is 4.42 Å². The topological polar surface area (TPSA) is 53.1 Å². The highest BCUT2D eigenvalue weighted by atomic mass is 16.3. The van der Waals surface area contributed by atoms with Crippen LogP contribution in [-0.2, 0) is 0 Å². The Morgan fingerprint density at radius 2 is 2.39 bits per heavy atom. The van der Waals surface area contributed by atoms with Gasteiger partial charge in [-0.2, -0.15) is 5.26 Å². The summed E-state index contributed by atoms with van der Waals surface area (Å²) in [4.78, 5) is 6.57. The molecular weight excluding hydrogens is 226 g/mol. The monoisotopic (exact) mass is 239 g/mol. The SMILES string of the molecule is N#Cc1ccnc(N2CCC[C@@H]2c2ccco2)c1. The highest BCUT2D eigenvalue weighted by Gasteiger charge is 2.29. The van der Waals surface area contributed by atoms with Crippen molar-refractivity contribution in [1.82, 2.24) is 4.98 Å². The normalized spacial score (nSPS) is 18.8. The van der Waals surface area contributed by atoms with Gasteiger partial charge in [-0.1, -0.05) is 0 Å². The molecular formula is C14H13N3O. The van der Waals surface area contributed by atoms with Crippen molar-refractivity contribution in [1.29, 1.82) is 5.26 Å². The first-order valence-corrected chi connectivity index (χ1v) is 6.04. The fraction of sp³-hybridized carbons (Fsp3) is 0.286. The molecule has 4 nitrogen and oxygen atoms in total. The predicted octanol–water partition coefficient (Wildman–Crippen LogP) is 2.89. The van der Waals surface area contributed by atoms with Crippen LogP contribution in [0.2, 0.25) is 0 Å². The highest BCUT2D eigenvalue weighted by molar-refractivity contribution is 5.47. The van der Waals surface area contributed by atoms with Crippen molar-refractivity contribution in [3.63, 3.8) is 0 Å². The van der Waals surface area contributed by atoms with Crippen LogP contribution in [0.3, 0.4) is 0 Å². The first-order valence-electron chi connectivity index (χ1n) is 6.04. The van der Waals surface area contributed by atoms with E-state index in [9.17, 15) is 0 Å². The van der Waals surface area contributed by atoms with Gasteiger partial charge in [0.15, 0.2) is 0 Å². The van der Waals surface area contributed by atoms with E-state index in [2.05, 4.69) is 16.0 Å². The second-order valence-corrected chi connectivity index (χ2v) is 4.38. The zero-order chi connectivity index (χ0) is 12.4. The van der Waals surface area contributed by atoms with Gasteiger partial charge in [0.05, 0.1) is 23.9 Å². The van der Waals surface area contributed by atoms with Crippen LogP contribution >= 0.6 is 0 Å². The Labute approximate surface area is 105 Å². The van der Waals surface area contributed by atoms with Crippen LogP contribution < -0.4 is 4.90 Å². The molecule has 0 aliphatic carbocycles. The van der Waals surface area contributed by atoms with Crippen molar-refractivity contribution in [3.05, 3.63) is 48.0 Å². The Morgan fingerprint density at radius 3 is 3.17 bits per heavy atom. The summed E-state index contributed by atoms with van der Waals surface area (Å²) in [6, 6.07) is 9.85. The molecule has 1 aliphatic heterocycles. The van der Waals surface area contributed by atoms with E-state index in [0.29, 0.717) is 5.56 Å². The number of anilines is 1. The molecule has 0 amide bonds. The Hall–Kier alpha value is -2.28. The van der Waals surface area contributed by atoms with E-state index in [0.717, 1.165) is 31.0 Å². The van der Waals surface area contributed by atoms with Crippen LogP contribution in [0, 0.1) is 11.3 Å². The Kier molecular flexibility index (Phi) is 2.73. The molecule has 0 spiro atoms. The fourth-order valence-electron chi connectivity index (χ4n) is 2.46. The highest BCUT2D eigenvalue weighted by Crippen LogP contribution is 2.35. The lowest BCUT2D eigenvalue weighted by molar-refractivity contribution is 0.464. The molecule has 18 heavy (non-hydrogen) atoms. The number of rotatable bonds is 2. The maximum absolute atomic E-state index is 8.94. The van der Waals surface area contributed by atoms with E-state index >= 15 is 0 Å². The number of pyridine rings is 1. The van der Waals surface area contributed by atoms with Crippen molar-refractivity contribution in [2.24, 2.45) is 0 Å². The van der Waals surface area contributed by atoms with Crippen LogP contribution in [0.4, 0.5) is 5.82 Å². The van der Waals surface area contributed by atoms with Crippen LogP contribution in [0.25, 0.3) is 0 Å². The number of nitriles is 1. The number of furan rings is 1. The lowest BCUT2D eigenvalue weighted by Crippen LogP contribution is -2.23. The summed E-state index contributed by atoms with van der Waals surface area (Å²) in [7, 11) is 0. The van der Waals surface area contributed by atoms with Crippen LogP contribution in [0.1, 0.15) is 30.2 Å². The molecule has 4 heteroatoms. The van der Waals surface area contributed by atoms with Gasteiger partial charge in [0.1, 0.15) is 11.6 Å². The van der Waals surface area contributed by atoms with E-state index in [-0.39, 0.29) is 6.04 Å². The third-order valence-corrected chi connectivity index (χ3v) is 3.29. The summed E-state index contributed by atoms with van der Waals surface area (Å²) < 4.78 is 5.49. The molecule has 0 aromatic carbocycles. The Bertz CT molecular complexity index is 571.